The van der Waals surface area contributed by atoms with Crippen LogP contribution < -0.4 is 0 Å². The lowest BCUT2D eigenvalue weighted by molar-refractivity contribution is -0.0373. The van der Waals surface area contributed by atoms with Crippen molar-refractivity contribution in [2.75, 3.05) is 6.61 Å². The molecule has 0 saturated carbocycles. The molecule has 0 amide bonds. The number of aliphatic hydroxyl groups is 2. The maximum atomic E-state index is 9.05. The van der Waals surface area contributed by atoms with Crippen molar-refractivity contribution in [2.24, 2.45) is 0 Å². The van der Waals surface area contributed by atoms with E-state index in [0.29, 0.717) is 0 Å². The lowest BCUT2D eigenvalue weighted by Crippen LogP contribution is -2.29. The number of hydrogen-bond donors (Lipinski definition) is 2. The fourth-order valence-electron chi connectivity index (χ4n) is 0.927. The van der Waals surface area contributed by atoms with Gasteiger partial charge in [-0.15, -0.1) is 0 Å². The molecule has 58 valence electrons. The Morgan fingerprint density at radius 1 is 1.60 bits per heavy atom. The highest BCUT2D eigenvalue weighted by Gasteiger charge is 2.22. The molecule has 2 N–H and O–H groups in total. The minimum absolute atomic E-state index is 0.0613. The molecule has 3 nitrogen and oxygen atoms in total. The van der Waals surface area contributed by atoms with Gasteiger partial charge in [-0.1, -0.05) is 12.2 Å². The predicted molar refractivity (Wildman–Crippen MR) is 36.6 cm³/mol. The van der Waals surface area contributed by atoms with E-state index in [1.54, 1.807) is 6.08 Å². The van der Waals surface area contributed by atoms with Gasteiger partial charge < -0.3 is 14.9 Å². The Kier molecular flexibility index (Phi) is 2.43. The van der Waals surface area contributed by atoms with E-state index < -0.39 is 6.10 Å². The average molecular weight is 144 g/mol. The summed E-state index contributed by atoms with van der Waals surface area (Å²) in [7, 11) is 0. The quantitative estimate of drug-likeness (QED) is 0.522. The van der Waals surface area contributed by atoms with E-state index in [2.05, 4.69) is 0 Å². The van der Waals surface area contributed by atoms with E-state index in [9.17, 15) is 0 Å². The summed E-state index contributed by atoms with van der Waals surface area (Å²) in [6.07, 6.45) is 2.60. The van der Waals surface area contributed by atoms with Crippen LogP contribution in [-0.2, 0) is 4.74 Å². The maximum Gasteiger partial charge on any atom is 0.107 e. The molecule has 0 aromatic carbocycles. The average Bonchev–Trinajstić information content (AvgIpc) is 2.34. The first kappa shape index (κ1) is 7.72. The minimum atomic E-state index is -0.777. The molecule has 3 atom stereocenters. The molecule has 1 rings (SSSR count). The van der Waals surface area contributed by atoms with E-state index in [-0.39, 0.29) is 18.8 Å². The maximum absolute atomic E-state index is 9.05. The summed E-state index contributed by atoms with van der Waals surface area (Å²) in [5.41, 5.74) is 0. The van der Waals surface area contributed by atoms with Gasteiger partial charge in [0.05, 0.1) is 12.7 Å². The third-order valence-electron chi connectivity index (χ3n) is 1.51. The van der Waals surface area contributed by atoms with E-state index in [1.165, 1.54) is 0 Å². The van der Waals surface area contributed by atoms with Crippen molar-refractivity contribution in [1.29, 1.82) is 0 Å². The second kappa shape index (κ2) is 3.14. The number of aliphatic hydroxyl groups excluding tert-OH is 2. The van der Waals surface area contributed by atoms with Crippen LogP contribution in [0.5, 0.6) is 0 Å². The standard InChI is InChI=1S/C7H12O3/c1-5-2-3-7(10-5)6(9)4-8/h2-3,5-9H,4H2,1H3. The number of hydrogen-bond acceptors (Lipinski definition) is 3. The van der Waals surface area contributed by atoms with Gasteiger partial charge in [-0.3, -0.25) is 0 Å². The van der Waals surface area contributed by atoms with Crippen LogP contribution in [0.1, 0.15) is 6.92 Å². The summed E-state index contributed by atoms with van der Waals surface area (Å²) in [5, 5.41) is 17.6. The van der Waals surface area contributed by atoms with E-state index in [1.807, 2.05) is 13.0 Å². The molecule has 0 spiro atoms. The van der Waals surface area contributed by atoms with Crippen LogP contribution in [0.15, 0.2) is 12.2 Å². The van der Waals surface area contributed by atoms with Crippen LogP contribution in [0.3, 0.4) is 0 Å². The molecule has 10 heavy (non-hydrogen) atoms. The molecule has 0 fully saturated rings. The molecular weight excluding hydrogens is 132 g/mol. The minimum Gasteiger partial charge on any atom is -0.394 e. The fraction of sp³-hybridized carbons (Fsp3) is 0.714. The summed E-state index contributed by atoms with van der Waals surface area (Å²) in [4.78, 5) is 0. The van der Waals surface area contributed by atoms with Gasteiger partial charge in [0.1, 0.15) is 12.2 Å². The van der Waals surface area contributed by atoms with Crippen molar-refractivity contribution in [1.82, 2.24) is 0 Å². The van der Waals surface area contributed by atoms with Crippen LogP contribution in [0, 0.1) is 0 Å². The zero-order valence-corrected chi connectivity index (χ0v) is 5.90. The molecule has 0 radical (unpaired) electrons. The summed E-state index contributed by atoms with van der Waals surface area (Å²) in [5.74, 6) is 0. The van der Waals surface area contributed by atoms with Gasteiger partial charge in [0, 0.05) is 0 Å². The summed E-state index contributed by atoms with van der Waals surface area (Å²) < 4.78 is 5.19. The Morgan fingerprint density at radius 3 is 2.70 bits per heavy atom. The van der Waals surface area contributed by atoms with Gasteiger partial charge in [0.2, 0.25) is 0 Å². The highest BCUT2D eigenvalue weighted by molar-refractivity contribution is 5.02. The molecule has 0 aromatic heterocycles. The molecule has 1 aliphatic rings. The number of rotatable bonds is 2. The first-order valence-corrected chi connectivity index (χ1v) is 3.36. The predicted octanol–water partition coefficient (Wildman–Crippen LogP) is -0.317. The second-order valence-electron chi connectivity index (χ2n) is 2.44. The summed E-state index contributed by atoms with van der Waals surface area (Å²) in [6.45, 7) is 1.64. The Labute approximate surface area is 59.9 Å². The van der Waals surface area contributed by atoms with Crippen LogP contribution in [-0.4, -0.2) is 35.1 Å². The highest BCUT2D eigenvalue weighted by Crippen LogP contribution is 2.13. The Hall–Kier alpha value is -0.380. The van der Waals surface area contributed by atoms with E-state index >= 15 is 0 Å². The third kappa shape index (κ3) is 1.56. The van der Waals surface area contributed by atoms with E-state index in [0.717, 1.165) is 0 Å². The SMILES string of the molecule is CC1C=CC(C(O)CO)O1. The Morgan fingerprint density at radius 2 is 2.30 bits per heavy atom. The van der Waals surface area contributed by atoms with Crippen LogP contribution in [0.4, 0.5) is 0 Å². The molecular formula is C7H12O3. The van der Waals surface area contributed by atoms with Crippen LogP contribution >= 0.6 is 0 Å². The van der Waals surface area contributed by atoms with Gasteiger partial charge in [-0.2, -0.15) is 0 Å². The largest absolute Gasteiger partial charge is 0.394 e. The molecule has 0 aliphatic carbocycles. The molecule has 0 aromatic rings. The number of ether oxygens (including phenoxy) is 1. The zero-order valence-electron chi connectivity index (χ0n) is 5.90. The first-order chi connectivity index (χ1) is 4.74. The smallest absolute Gasteiger partial charge is 0.107 e. The topological polar surface area (TPSA) is 49.7 Å². The lowest BCUT2D eigenvalue weighted by atomic mass is 10.2. The van der Waals surface area contributed by atoms with Crippen molar-refractivity contribution in [3.63, 3.8) is 0 Å². The molecule has 1 heterocycles. The van der Waals surface area contributed by atoms with Crippen molar-refractivity contribution < 1.29 is 14.9 Å². The van der Waals surface area contributed by atoms with Crippen molar-refractivity contribution in [3.8, 4) is 0 Å². The Balaban J connectivity index is 2.38. The van der Waals surface area contributed by atoms with Crippen molar-refractivity contribution >= 4 is 0 Å². The molecule has 1 aliphatic heterocycles. The normalized spacial score (nSPS) is 34.7. The second-order valence-corrected chi connectivity index (χ2v) is 2.44. The lowest BCUT2D eigenvalue weighted by Gasteiger charge is -2.15. The van der Waals surface area contributed by atoms with Crippen molar-refractivity contribution in [3.05, 3.63) is 12.2 Å². The zero-order chi connectivity index (χ0) is 7.56. The fourth-order valence-corrected chi connectivity index (χ4v) is 0.927. The monoisotopic (exact) mass is 144 g/mol. The van der Waals surface area contributed by atoms with E-state index in [4.69, 9.17) is 14.9 Å². The van der Waals surface area contributed by atoms with Gasteiger partial charge in [0.25, 0.3) is 0 Å². The molecule has 0 saturated heterocycles. The molecule has 0 bridgehead atoms. The highest BCUT2D eigenvalue weighted by atomic mass is 16.5. The summed E-state index contributed by atoms with van der Waals surface area (Å²) >= 11 is 0. The van der Waals surface area contributed by atoms with Gasteiger partial charge >= 0.3 is 0 Å². The van der Waals surface area contributed by atoms with Gasteiger partial charge in [0.15, 0.2) is 0 Å². The summed E-state index contributed by atoms with van der Waals surface area (Å²) in [6, 6.07) is 0. The third-order valence-corrected chi connectivity index (χ3v) is 1.51. The van der Waals surface area contributed by atoms with Crippen LogP contribution in [0.2, 0.25) is 0 Å². The molecule has 3 heteroatoms. The van der Waals surface area contributed by atoms with Crippen LogP contribution in [0.25, 0.3) is 0 Å². The van der Waals surface area contributed by atoms with Crippen molar-refractivity contribution in [2.45, 2.75) is 25.2 Å². The van der Waals surface area contributed by atoms with Gasteiger partial charge in [-0.25, -0.2) is 0 Å². The first-order valence-electron chi connectivity index (χ1n) is 3.36. The Bertz CT molecular complexity index is 133. The van der Waals surface area contributed by atoms with Gasteiger partial charge in [-0.05, 0) is 6.92 Å². The molecule has 3 unspecified atom stereocenters.